The maximum atomic E-state index is 12.8. The normalized spacial score (nSPS) is 11.8. The Bertz CT molecular complexity index is 639. The molecule has 0 saturated heterocycles. The lowest BCUT2D eigenvalue weighted by atomic mass is 10.4. The number of halogens is 4. The van der Waals surface area contributed by atoms with Crippen LogP contribution in [0.2, 0.25) is 0 Å². The van der Waals surface area contributed by atoms with E-state index in [4.69, 9.17) is 0 Å². The van der Waals surface area contributed by atoms with Crippen molar-refractivity contribution in [3.05, 3.63) is 28.1 Å². The lowest BCUT2D eigenvalue weighted by molar-refractivity contribution is -0.142. The van der Waals surface area contributed by atoms with Gasteiger partial charge in [-0.1, -0.05) is 0 Å². The molecule has 0 bridgehead atoms. The molecule has 2 heterocycles. The van der Waals surface area contributed by atoms with E-state index in [1.807, 2.05) is 0 Å². The fraction of sp³-hybridized carbons (Fsp3) is 0.300. The highest BCUT2D eigenvalue weighted by Crippen LogP contribution is 2.31. The third kappa shape index (κ3) is 2.70. The molecule has 0 aliphatic carbocycles. The van der Waals surface area contributed by atoms with Crippen LogP contribution in [0, 0.1) is 0 Å². The molecule has 0 aliphatic heterocycles. The van der Waals surface area contributed by atoms with E-state index < -0.39 is 17.8 Å². The lowest BCUT2D eigenvalue weighted by Gasteiger charge is -2.08. The summed E-state index contributed by atoms with van der Waals surface area (Å²) in [6.45, 7) is 1.69. The van der Waals surface area contributed by atoms with Gasteiger partial charge in [-0.3, -0.25) is 0 Å². The van der Waals surface area contributed by atoms with Gasteiger partial charge in [0, 0.05) is 12.1 Å². The summed E-state index contributed by atoms with van der Waals surface area (Å²) in [6, 6.07) is 1.92. The number of fused-ring (bicyclic) bond motifs is 1. The summed E-state index contributed by atoms with van der Waals surface area (Å²) in [6.07, 6.45) is -4.61. The van der Waals surface area contributed by atoms with E-state index in [1.54, 1.807) is 6.92 Å². The first-order valence-electron chi connectivity index (χ1n) is 5.13. The molecule has 102 valence electrons. The minimum absolute atomic E-state index is 0.00244. The van der Waals surface area contributed by atoms with Crippen molar-refractivity contribution in [3.8, 4) is 0 Å². The van der Waals surface area contributed by atoms with Crippen molar-refractivity contribution in [2.75, 3.05) is 6.61 Å². The SMILES string of the molecule is CCOC(=O)c1cc2nc(Br)cc(C(F)(F)F)n2n1. The van der Waals surface area contributed by atoms with Crippen LogP contribution in [0.25, 0.3) is 5.65 Å². The number of rotatable bonds is 2. The summed E-state index contributed by atoms with van der Waals surface area (Å²) in [5.41, 5.74) is -1.34. The van der Waals surface area contributed by atoms with Crippen molar-refractivity contribution in [3.63, 3.8) is 0 Å². The molecule has 0 radical (unpaired) electrons. The van der Waals surface area contributed by atoms with Crippen molar-refractivity contribution >= 4 is 27.5 Å². The fourth-order valence-corrected chi connectivity index (χ4v) is 1.85. The summed E-state index contributed by atoms with van der Waals surface area (Å²) < 4.78 is 43.7. The Balaban J connectivity index is 2.62. The fourth-order valence-electron chi connectivity index (χ4n) is 1.45. The Morgan fingerprint density at radius 1 is 1.47 bits per heavy atom. The quantitative estimate of drug-likeness (QED) is 0.624. The summed E-state index contributed by atoms with van der Waals surface area (Å²) >= 11 is 2.88. The van der Waals surface area contributed by atoms with Crippen LogP contribution in [0.15, 0.2) is 16.7 Å². The number of alkyl halides is 3. The van der Waals surface area contributed by atoms with Crippen LogP contribution < -0.4 is 0 Å². The molecule has 2 aromatic heterocycles. The predicted molar refractivity (Wildman–Crippen MR) is 61.6 cm³/mol. The second-order valence-corrected chi connectivity index (χ2v) is 4.29. The van der Waals surface area contributed by atoms with Gasteiger partial charge in [-0.15, -0.1) is 0 Å². The van der Waals surface area contributed by atoms with Gasteiger partial charge in [-0.25, -0.2) is 14.3 Å². The molecular weight excluding hydrogens is 331 g/mol. The molecule has 2 rings (SSSR count). The van der Waals surface area contributed by atoms with Crippen LogP contribution in [0.1, 0.15) is 23.1 Å². The number of aromatic nitrogens is 3. The Labute approximate surface area is 113 Å². The largest absolute Gasteiger partial charge is 0.461 e. The minimum Gasteiger partial charge on any atom is -0.461 e. The maximum Gasteiger partial charge on any atom is 0.433 e. The number of esters is 1. The highest BCUT2D eigenvalue weighted by atomic mass is 79.9. The number of carbonyl (C=O) groups excluding carboxylic acids is 1. The molecule has 0 fully saturated rings. The first-order valence-corrected chi connectivity index (χ1v) is 5.93. The molecule has 0 spiro atoms. The summed E-state index contributed by atoms with van der Waals surface area (Å²) in [5.74, 6) is -0.794. The Hall–Kier alpha value is -1.64. The van der Waals surface area contributed by atoms with Crippen molar-refractivity contribution in [1.82, 2.24) is 14.6 Å². The maximum absolute atomic E-state index is 12.8. The van der Waals surface area contributed by atoms with Gasteiger partial charge in [0.05, 0.1) is 6.61 Å². The van der Waals surface area contributed by atoms with Crippen molar-refractivity contribution < 1.29 is 22.7 Å². The van der Waals surface area contributed by atoms with Gasteiger partial charge in [0.2, 0.25) is 0 Å². The third-order valence-corrected chi connectivity index (χ3v) is 2.58. The zero-order chi connectivity index (χ0) is 14.2. The van der Waals surface area contributed by atoms with E-state index in [0.29, 0.717) is 4.52 Å². The first kappa shape index (κ1) is 13.8. The van der Waals surface area contributed by atoms with Crippen molar-refractivity contribution in [1.29, 1.82) is 0 Å². The van der Waals surface area contributed by atoms with Gasteiger partial charge in [0.15, 0.2) is 17.0 Å². The molecule has 2 aromatic rings. The van der Waals surface area contributed by atoms with E-state index in [2.05, 4.69) is 30.7 Å². The van der Waals surface area contributed by atoms with Crippen LogP contribution >= 0.6 is 15.9 Å². The number of nitrogens with zero attached hydrogens (tertiary/aromatic N) is 3. The standard InChI is InChI=1S/C10H7BrF3N3O2/c1-2-19-9(18)5-3-8-15-7(11)4-6(10(12,13)14)17(8)16-5/h3-4H,2H2,1H3. The van der Waals surface area contributed by atoms with E-state index in [9.17, 15) is 18.0 Å². The number of hydrogen-bond acceptors (Lipinski definition) is 4. The monoisotopic (exact) mass is 337 g/mol. The third-order valence-electron chi connectivity index (χ3n) is 2.17. The highest BCUT2D eigenvalue weighted by Gasteiger charge is 2.35. The summed E-state index contributed by atoms with van der Waals surface area (Å²) in [7, 11) is 0. The van der Waals surface area contributed by atoms with Crippen LogP contribution in [0.3, 0.4) is 0 Å². The molecular formula is C10H7BrF3N3O2. The molecule has 19 heavy (non-hydrogen) atoms. The van der Waals surface area contributed by atoms with E-state index in [1.165, 1.54) is 0 Å². The molecule has 5 nitrogen and oxygen atoms in total. The van der Waals surface area contributed by atoms with E-state index >= 15 is 0 Å². The van der Waals surface area contributed by atoms with Crippen LogP contribution in [-0.2, 0) is 10.9 Å². The zero-order valence-electron chi connectivity index (χ0n) is 9.53. The summed E-state index contributed by atoms with van der Waals surface area (Å²) in [4.78, 5) is 15.3. The van der Waals surface area contributed by atoms with Gasteiger partial charge in [-0.05, 0) is 22.9 Å². The number of ether oxygens (including phenoxy) is 1. The first-order chi connectivity index (χ1) is 8.82. The molecule has 0 unspecified atom stereocenters. The van der Waals surface area contributed by atoms with Crippen LogP contribution in [0.5, 0.6) is 0 Å². The molecule has 0 saturated carbocycles. The molecule has 0 atom stereocenters. The van der Waals surface area contributed by atoms with Crippen molar-refractivity contribution in [2.24, 2.45) is 0 Å². The topological polar surface area (TPSA) is 56.5 Å². The van der Waals surface area contributed by atoms with Crippen LogP contribution in [-0.4, -0.2) is 27.2 Å². The predicted octanol–water partition coefficient (Wildman–Crippen LogP) is 2.69. The Kier molecular flexibility index (Phi) is 3.48. The Morgan fingerprint density at radius 3 is 2.74 bits per heavy atom. The van der Waals surface area contributed by atoms with Gasteiger partial charge in [0.25, 0.3) is 0 Å². The highest BCUT2D eigenvalue weighted by molar-refractivity contribution is 9.10. The molecule has 0 amide bonds. The smallest absolute Gasteiger partial charge is 0.433 e. The molecule has 0 N–H and O–H groups in total. The molecule has 0 aromatic carbocycles. The zero-order valence-corrected chi connectivity index (χ0v) is 11.1. The summed E-state index contributed by atoms with van der Waals surface area (Å²) in [5, 5.41) is 3.58. The van der Waals surface area contributed by atoms with Gasteiger partial charge in [0.1, 0.15) is 4.60 Å². The van der Waals surface area contributed by atoms with E-state index in [-0.39, 0.29) is 22.6 Å². The molecule has 0 aliphatic rings. The average molecular weight is 338 g/mol. The number of carbonyl (C=O) groups is 1. The average Bonchev–Trinajstić information content (AvgIpc) is 2.70. The Morgan fingerprint density at radius 2 is 2.16 bits per heavy atom. The van der Waals surface area contributed by atoms with Crippen LogP contribution in [0.4, 0.5) is 13.2 Å². The van der Waals surface area contributed by atoms with Crippen molar-refractivity contribution in [2.45, 2.75) is 13.1 Å². The van der Waals surface area contributed by atoms with Gasteiger partial charge < -0.3 is 4.74 Å². The van der Waals surface area contributed by atoms with Gasteiger partial charge in [-0.2, -0.15) is 18.3 Å². The van der Waals surface area contributed by atoms with Gasteiger partial charge >= 0.3 is 12.1 Å². The minimum atomic E-state index is -4.61. The number of hydrogen-bond donors (Lipinski definition) is 0. The van der Waals surface area contributed by atoms with E-state index in [0.717, 1.165) is 12.1 Å². The lowest BCUT2D eigenvalue weighted by Crippen LogP contribution is -2.14. The second-order valence-electron chi connectivity index (χ2n) is 3.48. The molecule has 9 heteroatoms. The second kappa shape index (κ2) is 4.80.